The van der Waals surface area contributed by atoms with Crippen LogP contribution in [0.25, 0.3) is 5.65 Å². The first-order valence-corrected chi connectivity index (χ1v) is 10.2. The van der Waals surface area contributed by atoms with Crippen molar-refractivity contribution in [2.45, 2.75) is 26.3 Å². The zero-order valence-electron chi connectivity index (χ0n) is 18.3. The van der Waals surface area contributed by atoms with E-state index in [9.17, 15) is 0 Å². The second-order valence-electron chi connectivity index (χ2n) is 6.95. The average Bonchev–Trinajstić information content (AvgIpc) is 3.18. The van der Waals surface area contributed by atoms with Crippen LogP contribution in [0.3, 0.4) is 0 Å². The number of fused-ring (bicyclic) bond motifs is 1. The summed E-state index contributed by atoms with van der Waals surface area (Å²) >= 11 is 0. The van der Waals surface area contributed by atoms with E-state index in [2.05, 4.69) is 50.9 Å². The molecule has 2 heterocycles. The van der Waals surface area contributed by atoms with Gasteiger partial charge in [-0.15, -0.1) is 34.2 Å². The lowest BCUT2D eigenvalue weighted by Gasteiger charge is -2.15. The number of aromatic nitrogens is 3. The van der Waals surface area contributed by atoms with Crippen molar-refractivity contribution >= 4 is 35.6 Å². The Bertz CT molecular complexity index is 976. The highest BCUT2D eigenvalue weighted by Crippen LogP contribution is 2.20. The number of guanidine groups is 1. The number of aryl methyl sites for hydroxylation is 1. The van der Waals surface area contributed by atoms with Gasteiger partial charge in [0.1, 0.15) is 11.6 Å². The maximum atomic E-state index is 5.96. The lowest BCUT2D eigenvalue weighted by Crippen LogP contribution is -2.38. The molecule has 0 saturated heterocycles. The predicted octanol–water partition coefficient (Wildman–Crippen LogP) is 2.98. The zero-order chi connectivity index (χ0) is 21.2. The van der Waals surface area contributed by atoms with E-state index in [1.165, 1.54) is 5.56 Å². The molecule has 0 aliphatic rings. The molecule has 0 unspecified atom stereocenters. The lowest BCUT2D eigenvalue weighted by atomic mass is 10.1. The molecule has 1 aromatic carbocycles. The minimum Gasteiger partial charge on any atom is -0.493 e. The van der Waals surface area contributed by atoms with E-state index in [0.29, 0.717) is 26.3 Å². The third-order valence-corrected chi connectivity index (χ3v) is 4.67. The fourth-order valence-corrected chi connectivity index (χ4v) is 3.08. The van der Waals surface area contributed by atoms with Crippen LogP contribution in [0.1, 0.15) is 23.4 Å². The van der Waals surface area contributed by atoms with Crippen molar-refractivity contribution in [2.24, 2.45) is 4.99 Å². The maximum Gasteiger partial charge on any atom is 0.191 e. The van der Waals surface area contributed by atoms with Crippen LogP contribution in [0.5, 0.6) is 5.75 Å². The first-order chi connectivity index (χ1) is 14.7. The fraction of sp³-hybridized carbons (Fsp3) is 0.409. The van der Waals surface area contributed by atoms with Gasteiger partial charge in [-0.1, -0.05) is 18.2 Å². The Labute approximate surface area is 200 Å². The molecule has 3 rings (SSSR count). The molecule has 3 aromatic rings. The molecule has 8 nitrogen and oxygen atoms in total. The van der Waals surface area contributed by atoms with E-state index in [1.807, 2.05) is 28.8 Å². The Balaban J connectivity index is 0.00000341. The second kappa shape index (κ2) is 13.1. The van der Waals surface area contributed by atoms with Gasteiger partial charge in [0.05, 0.1) is 6.61 Å². The minimum atomic E-state index is 0. The topological polar surface area (TPSA) is 85.1 Å². The predicted molar refractivity (Wildman–Crippen MR) is 133 cm³/mol. The average molecular weight is 538 g/mol. The molecule has 0 spiro atoms. The van der Waals surface area contributed by atoms with E-state index >= 15 is 0 Å². The van der Waals surface area contributed by atoms with Crippen LogP contribution in [0, 0.1) is 6.92 Å². The second-order valence-corrected chi connectivity index (χ2v) is 6.95. The highest BCUT2D eigenvalue weighted by molar-refractivity contribution is 14.0. The number of methoxy groups -OCH3 is 1. The van der Waals surface area contributed by atoms with Crippen LogP contribution in [-0.2, 0) is 17.7 Å². The number of pyridine rings is 1. The van der Waals surface area contributed by atoms with Gasteiger partial charge < -0.3 is 20.1 Å². The Morgan fingerprint density at radius 3 is 2.81 bits per heavy atom. The Kier molecular flexibility index (Phi) is 10.5. The van der Waals surface area contributed by atoms with E-state index < -0.39 is 0 Å². The molecular weight excluding hydrogens is 507 g/mol. The number of halogens is 1. The van der Waals surface area contributed by atoms with Gasteiger partial charge in [-0.2, -0.15) is 0 Å². The van der Waals surface area contributed by atoms with Crippen LogP contribution in [0.2, 0.25) is 0 Å². The monoisotopic (exact) mass is 538 g/mol. The van der Waals surface area contributed by atoms with Gasteiger partial charge in [0.2, 0.25) is 0 Å². The summed E-state index contributed by atoms with van der Waals surface area (Å²) in [5.41, 5.74) is 3.11. The Morgan fingerprint density at radius 2 is 2.00 bits per heavy atom. The molecule has 0 aliphatic heterocycles. The summed E-state index contributed by atoms with van der Waals surface area (Å²) in [5.74, 6) is 2.54. The molecule has 0 aliphatic carbocycles. The summed E-state index contributed by atoms with van der Waals surface area (Å²) in [7, 11) is 3.46. The largest absolute Gasteiger partial charge is 0.493 e. The third-order valence-electron chi connectivity index (χ3n) is 4.67. The van der Waals surface area contributed by atoms with Gasteiger partial charge >= 0.3 is 0 Å². The van der Waals surface area contributed by atoms with Crippen LogP contribution in [0.4, 0.5) is 0 Å². The SMILES string of the molecule is CN=C(NCCc1nnc2ccccn12)NCc1ccc(C)cc1OCCCOC.I. The van der Waals surface area contributed by atoms with Gasteiger partial charge in [0.15, 0.2) is 11.6 Å². The van der Waals surface area contributed by atoms with Crippen molar-refractivity contribution in [3.63, 3.8) is 0 Å². The van der Waals surface area contributed by atoms with Gasteiger partial charge in [-0.05, 0) is 30.7 Å². The molecule has 0 saturated carbocycles. The molecule has 31 heavy (non-hydrogen) atoms. The first kappa shape index (κ1) is 24.9. The van der Waals surface area contributed by atoms with Crippen molar-refractivity contribution in [3.05, 3.63) is 59.5 Å². The molecule has 168 valence electrons. The Morgan fingerprint density at radius 1 is 1.13 bits per heavy atom. The van der Waals surface area contributed by atoms with Crippen molar-refractivity contribution < 1.29 is 9.47 Å². The summed E-state index contributed by atoms with van der Waals surface area (Å²) < 4.78 is 13.0. The van der Waals surface area contributed by atoms with E-state index in [0.717, 1.165) is 41.6 Å². The zero-order valence-corrected chi connectivity index (χ0v) is 20.6. The number of rotatable bonds is 10. The van der Waals surface area contributed by atoms with Gasteiger partial charge in [0, 0.05) is 58.5 Å². The number of nitrogens with one attached hydrogen (secondary N) is 2. The van der Waals surface area contributed by atoms with E-state index in [-0.39, 0.29) is 24.0 Å². The van der Waals surface area contributed by atoms with Crippen molar-refractivity contribution in [1.82, 2.24) is 25.2 Å². The van der Waals surface area contributed by atoms with Gasteiger partial charge in [-0.25, -0.2) is 0 Å². The maximum absolute atomic E-state index is 5.96. The number of aliphatic imine (C=N–C) groups is 1. The van der Waals surface area contributed by atoms with E-state index in [1.54, 1.807) is 14.2 Å². The van der Waals surface area contributed by atoms with Crippen LogP contribution >= 0.6 is 24.0 Å². The number of hydrogen-bond donors (Lipinski definition) is 2. The van der Waals surface area contributed by atoms with Crippen LogP contribution in [0.15, 0.2) is 47.6 Å². The number of ether oxygens (including phenoxy) is 2. The third kappa shape index (κ3) is 7.35. The number of benzene rings is 1. The first-order valence-electron chi connectivity index (χ1n) is 10.2. The standard InChI is InChI=1S/C22H30N6O2.HI/c1-17-8-9-18(19(15-17)30-14-6-13-29-3)16-25-22(23-2)24-11-10-21-27-26-20-7-4-5-12-28(20)21;/h4-5,7-9,12,15H,6,10-11,13-14,16H2,1-3H3,(H2,23,24,25);1H. The van der Waals surface area contributed by atoms with E-state index in [4.69, 9.17) is 9.47 Å². The summed E-state index contributed by atoms with van der Waals surface area (Å²) in [5, 5.41) is 15.1. The molecule has 0 atom stereocenters. The van der Waals surface area contributed by atoms with Gasteiger partial charge in [0.25, 0.3) is 0 Å². The minimum absolute atomic E-state index is 0. The normalized spacial score (nSPS) is 11.3. The quantitative estimate of drug-likeness (QED) is 0.179. The van der Waals surface area contributed by atoms with Gasteiger partial charge in [-0.3, -0.25) is 9.39 Å². The van der Waals surface area contributed by atoms with Crippen molar-refractivity contribution in [2.75, 3.05) is 33.9 Å². The number of hydrogen-bond acceptors (Lipinski definition) is 5. The molecule has 0 bridgehead atoms. The molecule has 0 amide bonds. The van der Waals surface area contributed by atoms with Crippen LogP contribution < -0.4 is 15.4 Å². The molecule has 2 N–H and O–H groups in total. The Hall–Kier alpha value is -2.40. The molecule has 2 aromatic heterocycles. The number of nitrogens with zero attached hydrogens (tertiary/aromatic N) is 4. The molecule has 0 fully saturated rings. The fourth-order valence-electron chi connectivity index (χ4n) is 3.08. The highest BCUT2D eigenvalue weighted by Gasteiger charge is 2.08. The van der Waals surface area contributed by atoms with Crippen LogP contribution in [-0.4, -0.2) is 54.5 Å². The lowest BCUT2D eigenvalue weighted by molar-refractivity contribution is 0.172. The molecule has 0 radical (unpaired) electrons. The summed E-state index contributed by atoms with van der Waals surface area (Å²) in [6, 6.07) is 12.1. The summed E-state index contributed by atoms with van der Waals surface area (Å²) in [6.07, 6.45) is 3.57. The summed E-state index contributed by atoms with van der Waals surface area (Å²) in [4.78, 5) is 4.31. The summed E-state index contributed by atoms with van der Waals surface area (Å²) in [6.45, 7) is 4.70. The highest BCUT2D eigenvalue weighted by atomic mass is 127. The smallest absolute Gasteiger partial charge is 0.191 e. The molecular formula is C22H31IN6O2. The van der Waals surface area contributed by atoms with Crippen molar-refractivity contribution in [1.29, 1.82) is 0 Å². The molecule has 9 heteroatoms. The van der Waals surface area contributed by atoms with Crippen molar-refractivity contribution in [3.8, 4) is 5.75 Å².